The molecule has 1 N–H and O–H groups in total. The standard InChI is InChI=1S/C11H25N.BrH/c1-4-5-6-7-8-9-10-11-12(2)3;/h4-11H2,1-3H3;1H. The highest BCUT2D eigenvalue weighted by Gasteiger charge is 1.93. The first-order valence-electron chi connectivity index (χ1n) is 5.56. The van der Waals surface area contributed by atoms with Crippen LogP contribution in [0.1, 0.15) is 51.9 Å². The van der Waals surface area contributed by atoms with E-state index in [-0.39, 0.29) is 17.0 Å². The number of rotatable bonds is 8. The SMILES string of the molecule is CCCCCCCCC[NH+](C)C.[Br-]. The minimum Gasteiger partial charge on any atom is -1.00 e. The fourth-order valence-electron chi connectivity index (χ4n) is 1.44. The van der Waals surface area contributed by atoms with Gasteiger partial charge in [-0.3, -0.25) is 0 Å². The molecule has 0 aliphatic heterocycles. The molecule has 1 nitrogen and oxygen atoms in total. The maximum absolute atomic E-state index is 2.27. The van der Waals surface area contributed by atoms with E-state index < -0.39 is 0 Å². The number of halogens is 1. The molecule has 0 aliphatic rings. The molecule has 82 valence electrons. The van der Waals surface area contributed by atoms with Gasteiger partial charge in [0.1, 0.15) is 0 Å². The number of hydrogen-bond donors (Lipinski definition) is 1. The summed E-state index contributed by atoms with van der Waals surface area (Å²) in [4.78, 5) is 1.59. The van der Waals surface area contributed by atoms with E-state index in [4.69, 9.17) is 0 Å². The van der Waals surface area contributed by atoms with Crippen molar-refractivity contribution in [3.63, 3.8) is 0 Å². The highest BCUT2D eigenvalue weighted by Crippen LogP contribution is 2.05. The lowest BCUT2D eigenvalue weighted by molar-refractivity contribution is -0.858. The monoisotopic (exact) mass is 251 g/mol. The van der Waals surface area contributed by atoms with E-state index in [1.165, 1.54) is 51.5 Å². The van der Waals surface area contributed by atoms with Gasteiger partial charge in [-0.05, 0) is 12.8 Å². The Bertz CT molecular complexity index is 84.2. The van der Waals surface area contributed by atoms with E-state index >= 15 is 0 Å². The molecule has 0 radical (unpaired) electrons. The molecule has 0 heterocycles. The summed E-state index contributed by atoms with van der Waals surface area (Å²) in [7, 11) is 4.47. The summed E-state index contributed by atoms with van der Waals surface area (Å²) >= 11 is 0. The maximum Gasteiger partial charge on any atom is 0.0766 e. The predicted molar refractivity (Wildman–Crippen MR) is 55.7 cm³/mol. The van der Waals surface area contributed by atoms with E-state index in [9.17, 15) is 0 Å². The zero-order chi connectivity index (χ0) is 9.23. The third kappa shape index (κ3) is 15.2. The van der Waals surface area contributed by atoms with Gasteiger partial charge in [0.2, 0.25) is 0 Å². The predicted octanol–water partition coefficient (Wildman–Crippen LogP) is -1.11. The minimum absolute atomic E-state index is 0. The van der Waals surface area contributed by atoms with Crippen molar-refractivity contribution in [1.82, 2.24) is 0 Å². The lowest BCUT2D eigenvalue weighted by atomic mass is 10.1. The average Bonchev–Trinajstić information content (AvgIpc) is 2.02. The molecule has 0 rings (SSSR count). The minimum atomic E-state index is 0. The maximum atomic E-state index is 2.27. The molecule has 0 unspecified atom stereocenters. The van der Waals surface area contributed by atoms with Crippen molar-refractivity contribution in [1.29, 1.82) is 0 Å². The van der Waals surface area contributed by atoms with Crippen LogP contribution in [0.5, 0.6) is 0 Å². The Morgan fingerprint density at radius 2 is 1.23 bits per heavy atom. The second kappa shape index (κ2) is 12.4. The van der Waals surface area contributed by atoms with Gasteiger partial charge < -0.3 is 21.9 Å². The third-order valence-electron chi connectivity index (χ3n) is 2.28. The van der Waals surface area contributed by atoms with Gasteiger partial charge in [-0.2, -0.15) is 0 Å². The number of hydrogen-bond acceptors (Lipinski definition) is 0. The molecular formula is C11H26BrN. The summed E-state index contributed by atoms with van der Waals surface area (Å²) in [5.74, 6) is 0. The van der Waals surface area contributed by atoms with Gasteiger partial charge in [0, 0.05) is 0 Å². The average molecular weight is 252 g/mol. The molecule has 0 spiro atoms. The van der Waals surface area contributed by atoms with Crippen molar-refractivity contribution in [2.45, 2.75) is 51.9 Å². The van der Waals surface area contributed by atoms with Crippen molar-refractivity contribution >= 4 is 0 Å². The van der Waals surface area contributed by atoms with Crippen LogP contribution in [-0.4, -0.2) is 20.6 Å². The second-order valence-electron chi connectivity index (χ2n) is 4.08. The van der Waals surface area contributed by atoms with Crippen molar-refractivity contribution < 1.29 is 21.9 Å². The molecule has 0 bridgehead atoms. The molecular weight excluding hydrogens is 226 g/mol. The van der Waals surface area contributed by atoms with E-state index in [1.807, 2.05) is 0 Å². The molecule has 2 heteroatoms. The summed E-state index contributed by atoms with van der Waals surface area (Å²) in [5.41, 5.74) is 0. The first-order valence-corrected chi connectivity index (χ1v) is 5.56. The zero-order valence-corrected chi connectivity index (χ0v) is 11.1. The summed E-state index contributed by atoms with van der Waals surface area (Å²) in [6.07, 6.45) is 10.00. The first kappa shape index (κ1) is 15.9. The van der Waals surface area contributed by atoms with Gasteiger partial charge in [0.25, 0.3) is 0 Å². The van der Waals surface area contributed by atoms with Crippen LogP contribution in [0.15, 0.2) is 0 Å². The molecule has 13 heavy (non-hydrogen) atoms. The van der Waals surface area contributed by atoms with Crippen molar-refractivity contribution in [2.75, 3.05) is 20.6 Å². The van der Waals surface area contributed by atoms with Crippen LogP contribution in [-0.2, 0) is 0 Å². The summed E-state index contributed by atoms with van der Waals surface area (Å²) < 4.78 is 0. The lowest BCUT2D eigenvalue weighted by Gasteiger charge is -2.06. The quantitative estimate of drug-likeness (QED) is 0.522. The number of nitrogens with one attached hydrogen (secondary N) is 1. The van der Waals surface area contributed by atoms with Gasteiger partial charge in [-0.25, -0.2) is 0 Å². The molecule has 0 aromatic rings. The lowest BCUT2D eigenvalue weighted by Crippen LogP contribution is -3.05. The molecule has 0 amide bonds. The summed E-state index contributed by atoms with van der Waals surface area (Å²) in [6, 6.07) is 0. The van der Waals surface area contributed by atoms with E-state index in [1.54, 1.807) is 4.90 Å². The Hall–Kier alpha value is 0.440. The Labute approximate surface area is 94.7 Å². The normalized spacial score (nSPS) is 10.2. The van der Waals surface area contributed by atoms with Gasteiger partial charge in [0.15, 0.2) is 0 Å². The third-order valence-corrected chi connectivity index (χ3v) is 2.28. The van der Waals surface area contributed by atoms with Crippen LogP contribution in [0.3, 0.4) is 0 Å². The Morgan fingerprint density at radius 1 is 0.769 bits per heavy atom. The molecule has 0 atom stereocenters. The van der Waals surface area contributed by atoms with Crippen LogP contribution >= 0.6 is 0 Å². The van der Waals surface area contributed by atoms with Gasteiger partial charge in [0.05, 0.1) is 20.6 Å². The largest absolute Gasteiger partial charge is 1.00 e. The fraction of sp³-hybridized carbons (Fsp3) is 1.00. The Morgan fingerprint density at radius 3 is 1.69 bits per heavy atom. The van der Waals surface area contributed by atoms with Crippen LogP contribution < -0.4 is 21.9 Å². The van der Waals surface area contributed by atoms with Gasteiger partial charge in [-0.15, -0.1) is 0 Å². The molecule has 0 aromatic carbocycles. The number of unbranched alkanes of at least 4 members (excludes halogenated alkanes) is 6. The van der Waals surface area contributed by atoms with E-state index in [0.717, 1.165) is 0 Å². The Kier molecular flexibility index (Phi) is 15.2. The highest BCUT2D eigenvalue weighted by molar-refractivity contribution is 4.43. The van der Waals surface area contributed by atoms with Gasteiger partial charge >= 0.3 is 0 Å². The topological polar surface area (TPSA) is 4.44 Å². The molecule has 0 saturated carbocycles. The van der Waals surface area contributed by atoms with E-state index in [2.05, 4.69) is 21.0 Å². The van der Waals surface area contributed by atoms with Crippen molar-refractivity contribution in [3.8, 4) is 0 Å². The summed E-state index contributed by atoms with van der Waals surface area (Å²) in [6.45, 7) is 3.61. The van der Waals surface area contributed by atoms with Crippen LogP contribution in [0.25, 0.3) is 0 Å². The van der Waals surface area contributed by atoms with Crippen LogP contribution in [0, 0.1) is 0 Å². The van der Waals surface area contributed by atoms with Crippen molar-refractivity contribution in [2.24, 2.45) is 0 Å². The second-order valence-corrected chi connectivity index (χ2v) is 4.08. The zero-order valence-electron chi connectivity index (χ0n) is 9.53. The van der Waals surface area contributed by atoms with Crippen molar-refractivity contribution in [3.05, 3.63) is 0 Å². The van der Waals surface area contributed by atoms with E-state index in [0.29, 0.717) is 0 Å². The molecule has 0 saturated heterocycles. The molecule has 0 aromatic heterocycles. The Balaban J connectivity index is 0. The number of quaternary nitrogens is 1. The van der Waals surface area contributed by atoms with Gasteiger partial charge in [-0.1, -0.05) is 39.0 Å². The van der Waals surface area contributed by atoms with Crippen LogP contribution in [0.4, 0.5) is 0 Å². The van der Waals surface area contributed by atoms with Crippen LogP contribution in [0.2, 0.25) is 0 Å². The molecule has 0 aliphatic carbocycles. The summed E-state index contributed by atoms with van der Waals surface area (Å²) in [5, 5.41) is 0. The fourth-order valence-corrected chi connectivity index (χ4v) is 1.44. The first-order chi connectivity index (χ1) is 5.77. The smallest absolute Gasteiger partial charge is 0.0766 e. The molecule has 0 fully saturated rings. The highest BCUT2D eigenvalue weighted by atomic mass is 79.9.